The average Bonchev–Trinajstić information content (AvgIpc) is 3.11. The third-order valence-electron chi connectivity index (χ3n) is 3.05. The maximum absolute atomic E-state index is 12.3. The second kappa shape index (κ2) is 6.27. The minimum atomic E-state index is -0.600. The highest BCUT2D eigenvalue weighted by Crippen LogP contribution is 2.31. The molecule has 0 radical (unpaired) electrons. The van der Waals surface area contributed by atoms with E-state index in [2.05, 4.69) is 26.2 Å². The van der Waals surface area contributed by atoms with Crippen LogP contribution in [-0.4, -0.2) is 26.6 Å². The number of fused-ring (bicyclic) bond motifs is 1. The zero-order valence-electron chi connectivity index (χ0n) is 13.4. The molecule has 0 saturated heterocycles. The maximum atomic E-state index is 12.3. The lowest BCUT2D eigenvalue weighted by molar-refractivity contribution is 0.0522. The Morgan fingerprint density at radius 3 is 2.83 bits per heavy atom. The lowest BCUT2D eigenvalue weighted by atomic mass is 10.2. The number of rotatable bonds is 3. The SMILES string of the molecule is CC(C)(C)OC(=O)n1ncc2cc(Br)c(OCc3ccon3)cc21. The summed E-state index contributed by atoms with van der Waals surface area (Å²) in [6.45, 7) is 5.67. The van der Waals surface area contributed by atoms with E-state index in [0.717, 1.165) is 9.86 Å². The van der Waals surface area contributed by atoms with Crippen molar-refractivity contribution in [2.24, 2.45) is 0 Å². The zero-order chi connectivity index (χ0) is 17.3. The van der Waals surface area contributed by atoms with Gasteiger partial charge >= 0.3 is 6.09 Å². The van der Waals surface area contributed by atoms with Gasteiger partial charge in [0.1, 0.15) is 29.9 Å². The molecule has 0 spiro atoms. The molecule has 2 aromatic heterocycles. The number of nitrogens with zero attached hydrogens (tertiary/aromatic N) is 3. The quantitative estimate of drug-likeness (QED) is 0.664. The van der Waals surface area contributed by atoms with Crippen molar-refractivity contribution < 1.29 is 18.8 Å². The molecule has 0 fully saturated rings. The van der Waals surface area contributed by atoms with E-state index in [4.69, 9.17) is 14.0 Å². The van der Waals surface area contributed by atoms with Gasteiger partial charge in [-0.2, -0.15) is 9.78 Å². The molecule has 0 saturated carbocycles. The average molecular weight is 394 g/mol. The van der Waals surface area contributed by atoms with Crippen molar-refractivity contribution in [1.82, 2.24) is 14.9 Å². The number of hydrogen-bond donors (Lipinski definition) is 0. The fourth-order valence-electron chi connectivity index (χ4n) is 2.05. The predicted octanol–water partition coefficient (Wildman–Crippen LogP) is 4.15. The molecule has 0 unspecified atom stereocenters. The van der Waals surface area contributed by atoms with Crippen molar-refractivity contribution in [2.45, 2.75) is 33.0 Å². The summed E-state index contributed by atoms with van der Waals surface area (Å²) in [4.78, 5) is 12.3. The highest BCUT2D eigenvalue weighted by Gasteiger charge is 2.21. The highest BCUT2D eigenvalue weighted by molar-refractivity contribution is 9.10. The third kappa shape index (κ3) is 3.59. The summed E-state index contributed by atoms with van der Waals surface area (Å²) >= 11 is 3.45. The van der Waals surface area contributed by atoms with Crippen LogP contribution in [-0.2, 0) is 11.3 Å². The first-order valence-corrected chi connectivity index (χ1v) is 8.05. The Morgan fingerprint density at radius 2 is 2.17 bits per heavy atom. The first-order chi connectivity index (χ1) is 11.3. The number of ether oxygens (including phenoxy) is 2. The summed E-state index contributed by atoms with van der Waals surface area (Å²) in [6, 6.07) is 5.29. The van der Waals surface area contributed by atoms with Crippen LogP contribution in [0.15, 0.2) is 39.7 Å². The molecule has 0 bridgehead atoms. The summed E-state index contributed by atoms with van der Waals surface area (Å²) in [5.41, 5.74) is 0.669. The van der Waals surface area contributed by atoms with Gasteiger partial charge in [0, 0.05) is 17.5 Å². The molecule has 3 aromatic rings. The van der Waals surface area contributed by atoms with Crippen molar-refractivity contribution >= 4 is 32.9 Å². The summed E-state index contributed by atoms with van der Waals surface area (Å²) in [5.74, 6) is 0.566. The van der Waals surface area contributed by atoms with Crippen LogP contribution in [0.25, 0.3) is 10.9 Å². The van der Waals surface area contributed by atoms with Crippen LogP contribution in [0.3, 0.4) is 0 Å². The Bertz CT molecular complexity index is 865. The second-order valence-electron chi connectivity index (χ2n) is 6.16. The molecule has 0 aliphatic carbocycles. The van der Waals surface area contributed by atoms with Crippen LogP contribution < -0.4 is 4.74 Å². The first kappa shape index (κ1) is 16.5. The molecular formula is C16H16BrN3O4. The number of carbonyl (C=O) groups excluding carboxylic acids is 1. The molecule has 0 amide bonds. The monoisotopic (exact) mass is 393 g/mol. The minimum absolute atomic E-state index is 0.251. The van der Waals surface area contributed by atoms with Crippen LogP contribution in [0.4, 0.5) is 4.79 Å². The topological polar surface area (TPSA) is 79.4 Å². The predicted molar refractivity (Wildman–Crippen MR) is 89.9 cm³/mol. The van der Waals surface area contributed by atoms with Gasteiger partial charge in [-0.3, -0.25) is 0 Å². The van der Waals surface area contributed by atoms with Crippen molar-refractivity contribution in [3.63, 3.8) is 0 Å². The number of aromatic nitrogens is 3. The lowest BCUT2D eigenvalue weighted by Gasteiger charge is -2.19. The third-order valence-corrected chi connectivity index (χ3v) is 3.67. The fraction of sp³-hybridized carbons (Fsp3) is 0.312. The molecule has 126 valence electrons. The summed E-state index contributed by atoms with van der Waals surface area (Å²) in [6.07, 6.45) is 2.54. The number of halogens is 1. The van der Waals surface area contributed by atoms with E-state index in [1.54, 1.807) is 39.1 Å². The Morgan fingerprint density at radius 1 is 1.38 bits per heavy atom. The molecule has 0 atom stereocenters. The molecule has 8 heteroatoms. The standard InChI is InChI=1S/C16H16BrN3O4/c1-16(2,3)24-15(21)20-13-7-14(12(17)6-10(13)8-18-20)22-9-11-4-5-23-19-11/h4-8H,9H2,1-3H3. The van der Waals surface area contributed by atoms with Crippen LogP contribution in [0, 0.1) is 0 Å². The molecule has 0 aliphatic rings. The lowest BCUT2D eigenvalue weighted by Crippen LogP contribution is -2.27. The van der Waals surface area contributed by atoms with Gasteiger partial charge in [0.15, 0.2) is 0 Å². The fourth-order valence-corrected chi connectivity index (χ4v) is 2.53. The Balaban J connectivity index is 1.90. The van der Waals surface area contributed by atoms with E-state index in [1.807, 2.05) is 6.07 Å². The molecule has 7 nitrogen and oxygen atoms in total. The molecule has 24 heavy (non-hydrogen) atoms. The number of carbonyl (C=O) groups is 1. The summed E-state index contributed by atoms with van der Waals surface area (Å²) in [7, 11) is 0. The first-order valence-electron chi connectivity index (χ1n) is 7.26. The molecule has 2 heterocycles. The minimum Gasteiger partial charge on any atom is -0.486 e. The smallest absolute Gasteiger partial charge is 0.435 e. The van der Waals surface area contributed by atoms with Gasteiger partial charge in [-0.25, -0.2) is 4.79 Å². The van der Waals surface area contributed by atoms with E-state index in [1.165, 1.54) is 10.9 Å². The van der Waals surface area contributed by atoms with Gasteiger partial charge < -0.3 is 14.0 Å². The van der Waals surface area contributed by atoms with Crippen molar-refractivity contribution in [2.75, 3.05) is 0 Å². The van der Waals surface area contributed by atoms with Gasteiger partial charge in [0.25, 0.3) is 0 Å². The van der Waals surface area contributed by atoms with Gasteiger partial charge in [-0.15, -0.1) is 0 Å². The molecule has 3 rings (SSSR count). The van der Waals surface area contributed by atoms with Crippen LogP contribution in [0.5, 0.6) is 5.75 Å². The van der Waals surface area contributed by atoms with Gasteiger partial charge in [-0.1, -0.05) is 5.16 Å². The van der Waals surface area contributed by atoms with E-state index >= 15 is 0 Å². The summed E-state index contributed by atoms with van der Waals surface area (Å²) in [5, 5.41) is 8.70. The van der Waals surface area contributed by atoms with Crippen LogP contribution in [0.2, 0.25) is 0 Å². The Labute approximate surface area is 146 Å². The molecule has 0 N–H and O–H groups in total. The highest BCUT2D eigenvalue weighted by atomic mass is 79.9. The number of benzene rings is 1. The van der Waals surface area contributed by atoms with Gasteiger partial charge in [0.05, 0.1) is 16.2 Å². The van der Waals surface area contributed by atoms with E-state index in [0.29, 0.717) is 17.0 Å². The van der Waals surface area contributed by atoms with Crippen molar-refractivity contribution in [3.05, 3.63) is 40.8 Å². The van der Waals surface area contributed by atoms with Crippen molar-refractivity contribution in [1.29, 1.82) is 0 Å². The second-order valence-corrected chi connectivity index (χ2v) is 7.01. The normalized spacial score (nSPS) is 11.7. The van der Waals surface area contributed by atoms with E-state index in [9.17, 15) is 4.79 Å². The number of hydrogen-bond acceptors (Lipinski definition) is 6. The molecule has 0 aliphatic heterocycles. The van der Waals surface area contributed by atoms with Crippen LogP contribution >= 0.6 is 15.9 Å². The summed E-state index contributed by atoms with van der Waals surface area (Å²) < 4.78 is 17.8. The Kier molecular flexibility index (Phi) is 4.31. The maximum Gasteiger partial charge on any atom is 0.435 e. The largest absolute Gasteiger partial charge is 0.486 e. The zero-order valence-corrected chi connectivity index (χ0v) is 15.0. The Hall–Kier alpha value is -2.35. The van der Waals surface area contributed by atoms with E-state index in [-0.39, 0.29) is 6.61 Å². The molecule has 1 aromatic carbocycles. The van der Waals surface area contributed by atoms with Crippen molar-refractivity contribution in [3.8, 4) is 5.75 Å². The van der Waals surface area contributed by atoms with Gasteiger partial charge in [0.2, 0.25) is 0 Å². The van der Waals surface area contributed by atoms with Crippen LogP contribution in [0.1, 0.15) is 26.5 Å². The van der Waals surface area contributed by atoms with Gasteiger partial charge in [-0.05, 0) is 42.8 Å². The van der Waals surface area contributed by atoms with E-state index < -0.39 is 11.7 Å². The molecular weight excluding hydrogens is 378 g/mol.